The molecular weight excluding hydrogens is 512 g/mol. The molecule has 3 heteroatoms. The van der Waals surface area contributed by atoms with E-state index in [1.54, 1.807) is 25.2 Å². The van der Waals surface area contributed by atoms with Gasteiger partial charge in [0.05, 0.1) is 0 Å². The summed E-state index contributed by atoms with van der Waals surface area (Å²) in [5.74, 6) is 0.231. The van der Waals surface area contributed by atoms with Crippen molar-refractivity contribution in [3.05, 3.63) is 152 Å². The van der Waals surface area contributed by atoms with Crippen LogP contribution in [0.1, 0.15) is 65.0 Å². The van der Waals surface area contributed by atoms with Gasteiger partial charge in [-0.15, -0.1) is 6.58 Å². The Hall–Kier alpha value is -4.37. The minimum absolute atomic E-state index is 0.231. The molecule has 0 radical (unpaired) electrons. The van der Waals surface area contributed by atoms with Gasteiger partial charge in [-0.3, -0.25) is 0 Å². The molecule has 2 aromatic rings. The van der Waals surface area contributed by atoms with Crippen molar-refractivity contribution in [3.63, 3.8) is 0 Å². The summed E-state index contributed by atoms with van der Waals surface area (Å²) in [6, 6.07) is 17.1. The summed E-state index contributed by atoms with van der Waals surface area (Å²) >= 11 is 0. The fraction of sp³-hybridized carbons (Fsp3) is 0.256. The first kappa shape index (κ1) is 39.8. The molecule has 0 unspecified atom stereocenters. The maximum Gasteiger partial charge on any atom is 0.176 e. The monoisotopic (exact) mass is 566 g/mol. The number of hydrogen-bond acceptors (Lipinski definition) is 3. The Morgan fingerprint density at radius 3 is 2.02 bits per heavy atom. The van der Waals surface area contributed by atoms with Crippen molar-refractivity contribution < 1.29 is 4.74 Å². The summed E-state index contributed by atoms with van der Waals surface area (Å²) in [4.78, 5) is 0. The van der Waals surface area contributed by atoms with Crippen LogP contribution in [0.4, 0.5) is 0 Å². The quantitative estimate of drug-likeness (QED) is 0.116. The number of nitrogens with one attached hydrogen (secondary N) is 1. The number of ether oxygens (including phenoxy) is 1. The van der Waals surface area contributed by atoms with Crippen LogP contribution in [-0.2, 0) is 4.74 Å². The summed E-state index contributed by atoms with van der Waals surface area (Å²) < 4.78 is 5.03. The first-order valence-electron chi connectivity index (χ1n) is 14.3. The van der Waals surface area contributed by atoms with Crippen LogP contribution in [0.2, 0.25) is 0 Å². The van der Waals surface area contributed by atoms with Gasteiger partial charge >= 0.3 is 0 Å². The lowest BCUT2D eigenvalue weighted by molar-refractivity contribution is 0.240. The summed E-state index contributed by atoms with van der Waals surface area (Å²) in [5.41, 5.74) is 14.2. The minimum Gasteiger partial charge on any atom is -0.475 e. The van der Waals surface area contributed by atoms with Crippen molar-refractivity contribution in [2.45, 2.75) is 60.8 Å². The van der Waals surface area contributed by atoms with Gasteiger partial charge in [0.25, 0.3) is 0 Å². The zero-order chi connectivity index (χ0) is 32.3. The lowest BCUT2D eigenvalue weighted by Crippen LogP contribution is -2.03. The van der Waals surface area contributed by atoms with E-state index in [0.29, 0.717) is 12.3 Å². The lowest BCUT2D eigenvalue weighted by Gasteiger charge is -2.15. The van der Waals surface area contributed by atoms with E-state index in [2.05, 4.69) is 95.3 Å². The highest BCUT2D eigenvalue weighted by atomic mass is 16.5. The van der Waals surface area contributed by atoms with Crippen molar-refractivity contribution in [1.82, 2.24) is 0 Å². The van der Waals surface area contributed by atoms with E-state index in [1.165, 1.54) is 40.7 Å². The Bertz CT molecular complexity index is 1210. The third kappa shape index (κ3) is 18.1. The van der Waals surface area contributed by atoms with Crippen LogP contribution in [0, 0.1) is 12.3 Å². The third-order valence-electron chi connectivity index (χ3n) is 5.64. The molecule has 3 nitrogen and oxygen atoms in total. The second kappa shape index (κ2) is 25.6. The van der Waals surface area contributed by atoms with Crippen LogP contribution in [0.5, 0.6) is 0 Å². The molecular formula is C39H54N2O. The average molecular weight is 567 g/mol. The minimum atomic E-state index is 0.231. The molecule has 0 aliphatic rings. The van der Waals surface area contributed by atoms with Crippen LogP contribution in [0.15, 0.2) is 141 Å². The highest BCUT2D eigenvalue weighted by molar-refractivity contribution is 5.98. The van der Waals surface area contributed by atoms with E-state index in [-0.39, 0.29) is 5.88 Å². The van der Waals surface area contributed by atoms with Gasteiger partial charge in [0.15, 0.2) is 5.88 Å². The third-order valence-corrected chi connectivity index (χ3v) is 5.64. The molecule has 0 aliphatic heterocycles. The zero-order valence-corrected chi connectivity index (χ0v) is 27.0. The Kier molecular flexibility index (Phi) is 24.2. The zero-order valence-electron chi connectivity index (χ0n) is 27.0. The number of hydrogen-bond donors (Lipinski definition) is 2. The van der Waals surface area contributed by atoms with E-state index in [0.717, 1.165) is 17.6 Å². The summed E-state index contributed by atoms with van der Waals surface area (Å²) in [6.45, 7) is 30.5. The van der Waals surface area contributed by atoms with Gasteiger partial charge in [-0.25, -0.2) is 0 Å². The molecule has 0 saturated heterocycles. The van der Waals surface area contributed by atoms with Crippen molar-refractivity contribution >= 4 is 11.3 Å². The van der Waals surface area contributed by atoms with E-state index in [4.69, 9.17) is 15.9 Å². The van der Waals surface area contributed by atoms with Crippen molar-refractivity contribution in [2.24, 2.45) is 5.73 Å². The van der Waals surface area contributed by atoms with Gasteiger partial charge in [-0.2, -0.15) is 0 Å². The molecule has 0 aliphatic carbocycles. The molecule has 0 spiro atoms. The predicted molar refractivity (Wildman–Crippen MR) is 191 cm³/mol. The first-order valence-corrected chi connectivity index (χ1v) is 14.3. The second-order valence-electron chi connectivity index (χ2n) is 9.28. The number of nitrogens with two attached hydrogens (primary N) is 1. The number of benzene rings is 2. The largest absolute Gasteiger partial charge is 0.475 e. The molecule has 0 fully saturated rings. The highest BCUT2D eigenvalue weighted by Gasteiger charge is 2.10. The molecule has 0 atom stereocenters. The Morgan fingerprint density at radius 1 is 0.976 bits per heavy atom. The maximum absolute atomic E-state index is 7.11. The van der Waals surface area contributed by atoms with E-state index in [9.17, 15) is 0 Å². The molecule has 42 heavy (non-hydrogen) atoms. The van der Waals surface area contributed by atoms with Crippen molar-refractivity contribution in [3.8, 4) is 11.1 Å². The Balaban J connectivity index is 0. The van der Waals surface area contributed by atoms with E-state index >= 15 is 0 Å². The standard InChI is InChI=1S/C19H22.C10H15NO.C7H11N.C3H6/c1-4-5-10-15(2)19-16(3)11-9-14-18(19)17-12-7-6-8-13-17;1-4-6-10(7-5-2)8-12-9(3)11;1-4-7(5-2)6(3)8;1-3-2/h6-9,11-14H,2,4-5,10H2,1,3H3;4-7H,1,3,8,11H2,2H3;4-5,8H,1H2,2-3H3;3H,1H2,2H3/b;7-5-,10-6+;7-5+,8-6?;. The molecule has 3 N–H and O–H groups in total. The lowest BCUT2D eigenvalue weighted by atomic mass is 9.89. The van der Waals surface area contributed by atoms with Gasteiger partial charge in [-0.1, -0.05) is 124 Å². The van der Waals surface area contributed by atoms with Crippen molar-refractivity contribution in [1.29, 1.82) is 5.41 Å². The maximum atomic E-state index is 7.11. The molecule has 2 rings (SSSR count). The fourth-order valence-corrected chi connectivity index (χ4v) is 3.69. The molecule has 0 aromatic heterocycles. The summed E-state index contributed by atoms with van der Waals surface area (Å²) in [6.07, 6.45) is 16.2. The smallest absolute Gasteiger partial charge is 0.176 e. The van der Waals surface area contributed by atoms with Crippen LogP contribution in [-0.4, -0.2) is 12.3 Å². The van der Waals surface area contributed by atoms with Crippen LogP contribution in [0.3, 0.4) is 0 Å². The predicted octanol–water partition coefficient (Wildman–Crippen LogP) is 11.3. The van der Waals surface area contributed by atoms with Gasteiger partial charge in [0, 0.05) is 5.71 Å². The molecule has 2 aromatic carbocycles. The van der Waals surface area contributed by atoms with E-state index < -0.39 is 0 Å². The van der Waals surface area contributed by atoms with Gasteiger partial charge in [0.2, 0.25) is 0 Å². The second-order valence-corrected chi connectivity index (χ2v) is 9.28. The number of aryl methyl sites for hydroxylation is 1. The Morgan fingerprint density at radius 2 is 1.60 bits per heavy atom. The first-order chi connectivity index (χ1) is 20.1. The molecule has 0 bridgehead atoms. The fourth-order valence-electron chi connectivity index (χ4n) is 3.69. The average Bonchev–Trinajstić information content (AvgIpc) is 2.97. The molecule has 0 amide bonds. The highest BCUT2D eigenvalue weighted by Crippen LogP contribution is 2.32. The Labute approximate surface area is 257 Å². The molecule has 0 saturated carbocycles. The molecule has 0 heterocycles. The summed E-state index contributed by atoms with van der Waals surface area (Å²) in [7, 11) is 0. The van der Waals surface area contributed by atoms with Crippen LogP contribution in [0.25, 0.3) is 16.7 Å². The van der Waals surface area contributed by atoms with Gasteiger partial charge in [-0.05, 0) is 93.0 Å². The van der Waals surface area contributed by atoms with E-state index in [1.807, 2.05) is 45.1 Å². The number of unbranched alkanes of at least 4 members (excludes halogenated alkanes) is 1. The number of rotatable bonds is 12. The van der Waals surface area contributed by atoms with Crippen molar-refractivity contribution in [2.75, 3.05) is 6.61 Å². The van der Waals surface area contributed by atoms with Gasteiger partial charge in [0.1, 0.15) is 6.61 Å². The summed E-state index contributed by atoms with van der Waals surface area (Å²) in [5, 5.41) is 7.11. The normalized spacial score (nSPS) is 10.4. The van der Waals surface area contributed by atoms with Crippen LogP contribution < -0.4 is 5.73 Å². The van der Waals surface area contributed by atoms with Gasteiger partial charge < -0.3 is 15.9 Å². The molecule has 226 valence electrons. The SMILES string of the molecule is C=C(CCCC)c1c(C)cccc1-c1ccccc1.C=C/C(=C\C)C(C)=N.C=C/C=C(\C=C/C)COC(=C)N.C=CC. The topological polar surface area (TPSA) is 59.1 Å². The van der Waals surface area contributed by atoms with Crippen LogP contribution >= 0.6 is 0 Å². The number of allylic oxidation sites excluding steroid dienone is 8.